The van der Waals surface area contributed by atoms with Crippen molar-refractivity contribution in [3.8, 4) is 0 Å². The fourth-order valence-corrected chi connectivity index (χ4v) is 4.29. The summed E-state index contributed by atoms with van der Waals surface area (Å²) < 4.78 is 5.12. The van der Waals surface area contributed by atoms with Gasteiger partial charge in [-0.3, -0.25) is 19.3 Å². The number of hydrogen-bond acceptors (Lipinski definition) is 7. The number of carbonyl (C=O) groups is 1. The van der Waals surface area contributed by atoms with Crippen molar-refractivity contribution in [3.63, 3.8) is 0 Å². The lowest BCUT2D eigenvalue weighted by molar-refractivity contribution is -0.148. The standard InChI is InChI=1S/C20H31N3O4/c1-3-27-20(26)15-8-6-11-23(13-15)17-16(18(24)19(17)25)21-9-12-22-10-5-4-7-14(22)2/h14-15,21H,3-13H2,1-2H3/t14-,15+/m1/s1. The summed E-state index contributed by atoms with van der Waals surface area (Å²) in [5, 5.41) is 3.19. The topological polar surface area (TPSA) is 79.0 Å². The molecule has 0 spiro atoms. The van der Waals surface area contributed by atoms with Crippen LogP contribution >= 0.6 is 0 Å². The van der Waals surface area contributed by atoms with E-state index in [1.807, 2.05) is 4.90 Å². The quantitative estimate of drug-likeness (QED) is 0.567. The molecule has 0 bridgehead atoms. The van der Waals surface area contributed by atoms with Gasteiger partial charge in [0.25, 0.3) is 10.9 Å². The second-order valence-electron chi connectivity index (χ2n) is 7.73. The van der Waals surface area contributed by atoms with Crippen molar-refractivity contribution in [2.24, 2.45) is 5.92 Å². The maximum atomic E-state index is 12.2. The van der Waals surface area contributed by atoms with E-state index in [0.29, 0.717) is 43.7 Å². The van der Waals surface area contributed by atoms with E-state index in [1.54, 1.807) is 6.92 Å². The van der Waals surface area contributed by atoms with Crippen LogP contribution in [0.5, 0.6) is 0 Å². The highest BCUT2D eigenvalue weighted by molar-refractivity contribution is 5.78. The van der Waals surface area contributed by atoms with Gasteiger partial charge in [0, 0.05) is 32.2 Å². The normalized spacial score (nSPS) is 24.1. The number of carbonyl (C=O) groups excluding carboxylic acids is 1. The average molecular weight is 377 g/mol. The molecular formula is C20H31N3O4. The highest BCUT2D eigenvalue weighted by atomic mass is 16.5. The Kier molecular flexibility index (Phi) is 6.52. The van der Waals surface area contributed by atoms with E-state index >= 15 is 0 Å². The summed E-state index contributed by atoms with van der Waals surface area (Å²) in [6.45, 7) is 8.14. The predicted octanol–water partition coefficient (Wildman–Crippen LogP) is 1.35. The smallest absolute Gasteiger partial charge is 0.310 e. The highest BCUT2D eigenvalue weighted by Crippen LogP contribution is 2.27. The molecule has 2 saturated heterocycles. The SMILES string of the molecule is CCOC(=O)[C@H]1CCCN(c2c(NCCN3CCCC[C@H]3C)c(=O)c2=O)C1. The summed E-state index contributed by atoms with van der Waals surface area (Å²) in [6.07, 6.45) is 5.30. The average Bonchev–Trinajstić information content (AvgIpc) is 2.68. The van der Waals surface area contributed by atoms with Crippen LogP contribution in [0.2, 0.25) is 0 Å². The molecule has 2 heterocycles. The summed E-state index contributed by atoms with van der Waals surface area (Å²) in [6, 6.07) is 0.570. The van der Waals surface area contributed by atoms with Crippen LogP contribution in [0.15, 0.2) is 9.59 Å². The first-order valence-corrected chi connectivity index (χ1v) is 10.3. The van der Waals surface area contributed by atoms with E-state index in [9.17, 15) is 14.4 Å². The molecule has 7 nitrogen and oxygen atoms in total. The summed E-state index contributed by atoms with van der Waals surface area (Å²) in [5.74, 6) is -0.445. The Morgan fingerprint density at radius 2 is 1.96 bits per heavy atom. The number of nitrogens with zero attached hydrogens (tertiary/aromatic N) is 2. The van der Waals surface area contributed by atoms with Crippen molar-refractivity contribution >= 4 is 17.3 Å². The van der Waals surface area contributed by atoms with Gasteiger partial charge in [-0.1, -0.05) is 6.42 Å². The van der Waals surface area contributed by atoms with Gasteiger partial charge in [0.15, 0.2) is 0 Å². The summed E-state index contributed by atoms with van der Waals surface area (Å²) >= 11 is 0. The van der Waals surface area contributed by atoms with E-state index < -0.39 is 10.9 Å². The maximum Gasteiger partial charge on any atom is 0.310 e. The number of likely N-dealkylation sites (tertiary alicyclic amines) is 1. The molecule has 1 aromatic rings. The largest absolute Gasteiger partial charge is 0.466 e. The highest BCUT2D eigenvalue weighted by Gasteiger charge is 2.32. The maximum absolute atomic E-state index is 12.2. The number of esters is 1. The minimum absolute atomic E-state index is 0.213. The molecule has 2 atom stereocenters. The molecule has 2 aliphatic heterocycles. The number of rotatable bonds is 7. The summed E-state index contributed by atoms with van der Waals surface area (Å²) in [7, 11) is 0. The zero-order chi connectivity index (χ0) is 19.4. The Hall–Kier alpha value is -1.89. The van der Waals surface area contributed by atoms with Gasteiger partial charge in [-0.25, -0.2) is 0 Å². The van der Waals surface area contributed by atoms with Crippen LogP contribution in [0.1, 0.15) is 46.0 Å². The number of nitrogens with one attached hydrogen (secondary N) is 1. The third-order valence-electron chi connectivity index (χ3n) is 5.88. The fourth-order valence-electron chi connectivity index (χ4n) is 4.29. The molecule has 0 saturated carbocycles. The zero-order valence-corrected chi connectivity index (χ0v) is 16.5. The van der Waals surface area contributed by atoms with E-state index in [4.69, 9.17) is 4.74 Å². The van der Waals surface area contributed by atoms with Crippen molar-refractivity contribution in [2.75, 3.05) is 49.5 Å². The first-order valence-electron chi connectivity index (χ1n) is 10.3. The van der Waals surface area contributed by atoms with Crippen LogP contribution in [-0.4, -0.2) is 56.2 Å². The molecule has 2 fully saturated rings. The molecule has 150 valence electrons. The van der Waals surface area contributed by atoms with Gasteiger partial charge in [-0.2, -0.15) is 0 Å². The summed E-state index contributed by atoms with van der Waals surface area (Å²) in [4.78, 5) is 40.6. The van der Waals surface area contributed by atoms with Gasteiger partial charge in [0.2, 0.25) is 0 Å². The Bertz CT molecular complexity index is 725. The van der Waals surface area contributed by atoms with Crippen molar-refractivity contribution in [1.29, 1.82) is 0 Å². The molecule has 0 radical (unpaired) electrons. The van der Waals surface area contributed by atoms with Crippen LogP contribution in [0.4, 0.5) is 11.4 Å². The van der Waals surface area contributed by atoms with Gasteiger partial charge in [0.1, 0.15) is 11.4 Å². The molecule has 3 rings (SSSR count). The fraction of sp³-hybridized carbons (Fsp3) is 0.750. The predicted molar refractivity (Wildman–Crippen MR) is 106 cm³/mol. The van der Waals surface area contributed by atoms with Gasteiger partial charge >= 0.3 is 5.97 Å². The molecule has 2 aliphatic rings. The Labute approximate surface area is 160 Å². The number of ether oxygens (including phenoxy) is 1. The van der Waals surface area contributed by atoms with E-state index in [1.165, 1.54) is 19.3 Å². The number of anilines is 2. The number of piperidine rings is 2. The van der Waals surface area contributed by atoms with E-state index in [0.717, 1.165) is 25.9 Å². The van der Waals surface area contributed by atoms with Crippen molar-refractivity contribution in [3.05, 3.63) is 20.4 Å². The summed E-state index contributed by atoms with van der Waals surface area (Å²) in [5.41, 5.74) is 0.0122. The van der Waals surface area contributed by atoms with Crippen molar-refractivity contribution in [2.45, 2.75) is 52.0 Å². The van der Waals surface area contributed by atoms with Crippen molar-refractivity contribution < 1.29 is 9.53 Å². The Morgan fingerprint density at radius 1 is 1.15 bits per heavy atom. The molecule has 1 aromatic carbocycles. The first kappa shape index (κ1) is 19.9. The second kappa shape index (κ2) is 8.87. The lowest BCUT2D eigenvalue weighted by atomic mass is 9.96. The minimum Gasteiger partial charge on any atom is -0.466 e. The van der Waals surface area contributed by atoms with Crippen LogP contribution < -0.4 is 21.1 Å². The van der Waals surface area contributed by atoms with Gasteiger partial charge in [0.05, 0.1) is 12.5 Å². The molecule has 7 heteroatoms. The molecular weight excluding hydrogens is 346 g/mol. The van der Waals surface area contributed by atoms with Crippen LogP contribution in [-0.2, 0) is 9.53 Å². The Morgan fingerprint density at radius 3 is 2.70 bits per heavy atom. The molecule has 27 heavy (non-hydrogen) atoms. The van der Waals surface area contributed by atoms with Crippen LogP contribution in [0.25, 0.3) is 0 Å². The van der Waals surface area contributed by atoms with Gasteiger partial charge in [-0.05, 0) is 46.1 Å². The lowest BCUT2D eigenvalue weighted by Gasteiger charge is -2.35. The molecule has 1 N–H and O–H groups in total. The zero-order valence-electron chi connectivity index (χ0n) is 16.5. The molecule has 0 aliphatic carbocycles. The lowest BCUT2D eigenvalue weighted by Crippen LogP contribution is -2.48. The van der Waals surface area contributed by atoms with E-state index in [-0.39, 0.29) is 11.9 Å². The first-order chi connectivity index (χ1) is 13.0. The third-order valence-corrected chi connectivity index (χ3v) is 5.88. The molecule has 0 aromatic heterocycles. The van der Waals surface area contributed by atoms with Crippen molar-refractivity contribution in [1.82, 2.24) is 4.90 Å². The Balaban J connectivity index is 1.60. The van der Waals surface area contributed by atoms with E-state index in [2.05, 4.69) is 17.1 Å². The second-order valence-corrected chi connectivity index (χ2v) is 7.73. The van der Waals surface area contributed by atoms with Gasteiger partial charge < -0.3 is 15.0 Å². The van der Waals surface area contributed by atoms with Gasteiger partial charge in [-0.15, -0.1) is 0 Å². The van der Waals surface area contributed by atoms with Crippen LogP contribution in [0, 0.1) is 5.92 Å². The number of hydrogen-bond donors (Lipinski definition) is 1. The van der Waals surface area contributed by atoms with Crippen LogP contribution in [0.3, 0.4) is 0 Å². The third kappa shape index (κ3) is 4.34. The minimum atomic E-state index is -0.437. The molecule has 0 unspecified atom stereocenters. The molecule has 0 amide bonds. The monoisotopic (exact) mass is 377 g/mol.